The van der Waals surface area contributed by atoms with Crippen LogP contribution >= 0.6 is 11.6 Å². The second-order valence-corrected chi connectivity index (χ2v) is 4.34. The zero-order chi connectivity index (χ0) is 14.7. The molecule has 102 valence electrons. The highest BCUT2D eigenvalue weighted by Gasteiger charge is 2.31. The first-order valence-electron chi connectivity index (χ1n) is 5.47. The highest BCUT2D eigenvalue weighted by atomic mass is 35.5. The summed E-state index contributed by atoms with van der Waals surface area (Å²) in [6.07, 6.45) is -1.10. The molecule has 1 aromatic carbocycles. The van der Waals surface area contributed by atoms with E-state index in [0.29, 0.717) is 11.3 Å². The Morgan fingerprint density at radius 3 is 2.85 bits per heavy atom. The summed E-state index contributed by atoms with van der Waals surface area (Å²) >= 11 is 5.83. The van der Waals surface area contributed by atoms with Crippen molar-refractivity contribution < 1.29 is 19.5 Å². The molecule has 8 heteroatoms. The number of nitriles is 1. The second kappa shape index (κ2) is 5.59. The van der Waals surface area contributed by atoms with Gasteiger partial charge in [0.2, 0.25) is 6.10 Å². The Balaban J connectivity index is 2.01. The quantitative estimate of drug-likeness (QED) is 0.874. The molecule has 0 saturated heterocycles. The van der Waals surface area contributed by atoms with Crippen LogP contribution in [-0.2, 0) is 14.4 Å². The molecule has 1 heterocycles. The third kappa shape index (κ3) is 2.87. The minimum absolute atomic E-state index is 0.106. The summed E-state index contributed by atoms with van der Waals surface area (Å²) < 4.78 is 0. The standard InChI is InChI=1S/C12H8ClN3O4/c13-8-3-7(2-1-6(8)5-14)15-11(17)10-4-9(12(18)19)16-20-10/h1-3,10H,4H2,(H,15,17)(H,18,19). The van der Waals surface area contributed by atoms with Crippen molar-refractivity contribution >= 4 is 34.9 Å². The number of hydrogen-bond acceptors (Lipinski definition) is 5. The number of anilines is 1. The first-order valence-corrected chi connectivity index (χ1v) is 5.85. The Bertz CT molecular complexity index is 651. The van der Waals surface area contributed by atoms with E-state index in [0.717, 1.165) is 0 Å². The van der Waals surface area contributed by atoms with Crippen molar-refractivity contribution in [1.29, 1.82) is 5.26 Å². The highest BCUT2D eigenvalue weighted by molar-refractivity contribution is 6.36. The zero-order valence-electron chi connectivity index (χ0n) is 9.96. The van der Waals surface area contributed by atoms with E-state index in [9.17, 15) is 9.59 Å². The van der Waals surface area contributed by atoms with Crippen LogP contribution in [0.2, 0.25) is 5.02 Å². The Kier molecular flexibility index (Phi) is 3.86. The fourth-order valence-electron chi connectivity index (χ4n) is 1.55. The Labute approximate surface area is 118 Å². The number of rotatable bonds is 3. The first-order chi connectivity index (χ1) is 9.51. The molecule has 1 aliphatic rings. The summed E-state index contributed by atoms with van der Waals surface area (Å²) in [5.74, 6) is -1.76. The van der Waals surface area contributed by atoms with Crippen LogP contribution in [0, 0.1) is 11.3 Å². The molecule has 0 bridgehead atoms. The third-order valence-corrected chi connectivity index (χ3v) is 2.88. The predicted octanol–water partition coefficient (Wildman–Crippen LogP) is 1.38. The number of halogens is 1. The number of hydrogen-bond donors (Lipinski definition) is 2. The fraction of sp³-hybridized carbons (Fsp3) is 0.167. The topological polar surface area (TPSA) is 112 Å². The molecule has 0 radical (unpaired) electrons. The number of carbonyl (C=O) groups is 2. The summed E-state index contributed by atoms with van der Waals surface area (Å²) in [5.41, 5.74) is 0.465. The maximum absolute atomic E-state index is 11.8. The summed E-state index contributed by atoms with van der Waals surface area (Å²) in [4.78, 5) is 27.2. The van der Waals surface area contributed by atoms with Crippen molar-refractivity contribution in [2.45, 2.75) is 12.5 Å². The van der Waals surface area contributed by atoms with Crippen molar-refractivity contribution in [3.8, 4) is 6.07 Å². The van der Waals surface area contributed by atoms with Gasteiger partial charge in [0.15, 0.2) is 5.71 Å². The van der Waals surface area contributed by atoms with Gasteiger partial charge in [-0.25, -0.2) is 4.79 Å². The number of amides is 1. The van der Waals surface area contributed by atoms with Crippen LogP contribution in [0.4, 0.5) is 5.69 Å². The van der Waals surface area contributed by atoms with E-state index in [1.165, 1.54) is 18.2 Å². The summed E-state index contributed by atoms with van der Waals surface area (Å²) in [7, 11) is 0. The van der Waals surface area contributed by atoms with Gasteiger partial charge in [-0.05, 0) is 18.2 Å². The average molecular weight is 294 g/mol. The van der Waals surface area contributed by atoms with Crippen LogP contribution in [0.15, 0.2) is 23.4 Å². The molecule has 0 fully saturated rings. The molecular weight excluding hydrogens is 286 g/mol. The minimum Gasteiger partial charge on any atom is -0.477 e. The molecule has 20 heavy (non-hydrogen) atoms. The molecule has 1 aromatic rings. The highest BCUT2D eigenvalue weighted by Crippen LogP contribution is 2.21. The Morgan fingerprint density at radius 2 is 2.30 bits per heavy atom. The number of benzene rings is 1. The maximum atomic E-state index is 11.8. The fourth-order valence-corrected chi connectivity index (χ4v) is 1.77. The molecule has 0 aliphatic carbocycles. The van der Waals surface area contributed by atoms with Crippen LogP contribution < -0.4 is 5.32 Å². The van der Waals surface area contributed by atoms with Crippen LogP contribution in [0.25, 0.3) is 0 Å². The minimum atomic E-state index is -1.22. The van der Waals surface area contributed by atoms with Gasteiger partial charge >= 0.3 is 5.97 Å². The normalized spacial score (nSPS) is 16.8. The largest absolute Gasteiger partial charge is 0.477 e. The van der Waals surface area contributed by atoms with Crippen LogP contribution in [0.3, 0.4) is 0 Å². The number of carboxylic acid groups (broad SMARTS) is 1. The summed E-state index contributed by atoms with van der Waals surface area (Å²) in [6, 6.07) is 6.29. The van der Waals surface area contributed by atoms with Gasteiger partial charge in [-0.2, -0.15) is 5.26 Å². The van der Waals surface area contributed by atoms with Gasteiger partial charge < -0.3 is 15.3 Å². The molecule has 2 rings (SSSR count). The van der Waals surface area contributed by atoms with E-state index in [1.54, 1.807) is 0 Å². The van der Waals surface area contributed by atoms with Gasteiger partial charge in [0, 0.05) is 12.1 Å². The number of nitrogens with zero attached hydrogens (tertiary/aromatic N) is 2. The van der Waals surface area contributed by atoms with Gasteiger partial charge in [0.1, 0.15) is 6.07 Å². The number of nitrogens with one attached hydrogen (secondary N) is 1. The van der Waals surface area contributed by atoms with Gasteiger partial charge in [0.25, 0.3) is 5.91 Å². The maximum Gasteiger partial charge on any atom is 0.353 e. The molecule has 1 amide bonds. The van der Waals surface area contributed by atoms with Gasteiger partial charge in [0.05, 0.1) is 10.6 Å². The van der Waals surface area contributed by atoms with Gasteiger partial charge in [-0.15, -0.1) is 0 Å². The molecule has 2 N–H and O–H groups in total. The van der Waals surface area contributed by atoms with Crippen molar-refractivity contribution in [2.24, 2.45) is 5.16 Å². The third-order valence-electron chi connectivity index (χ3n) is 2.57. The van der Waals surface area contributed by atoms with E-state index in [4.69, 9.17) is 26.8 Å². The number of carboxylic acids is 1. The molecule has 1 unspecified atom stereocenters. The lowest BCUT2D eigenvalue weighted by Crippen LogP contribution is -2.28. The van der Waals surface area contributed by atoms with Crippen molar-refractivity contribution in [1.82, 2.24) is 0 Å². The monoisotopic (exact) mass is 293 g/mol. The Hall–Kier alpha value is -2.59. The second-order valence-electron chi connectivity index (χ2n) is 3.94. The molecule has 0 spiro atoms. The lowest BCUT2D eigenvalue weighted by Gasteiger charge is -2.09. The van der Waals surface area contributed by atoms with Crippen molar-refractivity contribution in [2.75, 3.05) is 5.32 Å². The lowest BCUT2D eigenvalue weighted by molar-refractivity contribution is -0.129. The predicted molar refractivity (Wildman–Crippen MR) is 69.4 cm³/mol. The van der Waals surface area contributed by atoms with E-state index in [2.05, 4.69) is 10.5 Å². The number of carbonyl (C=O) groups excluding carboxylic acids is 1. The Morgan fingerprint density at radius 1 is 1.55 bits per heavy atom. The van der Waals surface area contributed by atoms with E-state index in [1.807, 2.05) is 6.07 Å². The van der Waals surface area contributed by atoms with Crippen LogP contribution in [-0.4, -0.2) is 28.8 Å². The van der Waals surface area contributed by atoms with Gasteiger partial charge in [-0.3, -0.25) is 4.79 Å². The molecular formula is C12H8ClN3O4. The SMILES string of the molecule is N#Cc1ccc(NC(=O)C2CC(C(=O)O)=NO2)cc1Cl. The molecule has 0 saturated carbocycles. The number of oxime groups is 1. The van der Waals surface area contributed by atoms with Gasteiger partial charge in [-0.1, -0.05) is 16.8 Å². The van der Waals surface area contributed by atoms with Crippen LogP contribution in [0.1, 0.15) is 12.0 Å². The van der Waals surface area contributed by atoms with Crippen LogP contribution in [0.5, 0.6) is 0 Å². The van der Waals surface area contributed by atoms with E-state index < -0.39 is 18.0 Å². The smallest absolute Gasteiger partial charge is 0.353 e. The molecule has 7 nitrogen and oxygen atoms in total. The summed E-state index contributed by atoms with van der Waals surface area (Å²) in [6.45, 7) is 0. The van der Waals surface area contributed by atoms with E-state index >= 15 is 0 Å². The lowest BCUT2D eigenvalue weighted by atomic mass is 10.1. The molecule has 1 atom stereocenters. The average Bonchev–Trinajstić information content (AvgIpc) is 2.88. The first kappa shape index (κ1) is 13.8. The zero-order valence-corrected chi connectivity index (χ0v) is 10.7. The molecule has 0 aromatic heterocycles. The summed E-state index contributed by atoms with van der Waals surface area (Å²) in [5, 5.41) is 23.5. The van der Waals surface area contributed by atoms with Crippen molar-refractivity contribution in [3.63, 3.8) is 0 Å². The van der Waals surface area contributed by atoms with Crippen molar-refractivity contribution in [3.05, 3.63) is 28.8 Å². The molecule has 1 aliphatic heterocycles. The number of aliphatic carboxylic acids is 1. The van der Waals surface area contributed by atoms with E-state index in [-0.39, 0.29) is 17.2 Å².